The second-order valence-electron chi connectivity index (χ2n) is 6.58. The summed E-state index contributed by atoms with van der Waals surface area (Å²) in [7, 11) is -3.39. The van der Waals surface area contributed by atoms with Crippen LogP contribution in [0.3, 0.4) is 0 Å². The van der Waals surface area contributed by atoms with E-state index in [0.29, 0.717) is 36.2 Å². The molecule has 0 spiro atoms. The Morgan fingerprint density at radius 3 is 2.59 bits per heavy atom. The summed E-state index contributed by atoms with van der Waals surface area (Å²) in [5, 5.41) is 14.7. The molecule has 0 aliphatic heterocycles. The van der Waals surface area contributed by atoms with Crippen molar-refractivity contribution in [3.63, 3.8) is 0 Å². The zero-order valence-corrected chi connectivity index (χ0v) is 17.4. The van der Waals surface area contributed by atoms with Crippen molar-refractivity contribution in [1.82, 2.24) is 25.2 Å². The molecule has 2 aromatic heterocycles. The predicted molar refractivity (Wildman–Crippen MR) is 114 cm³/mol. The van der Waals surface area contributed by atoms with Gasteiger partial charge < -0.3 is 10.6 Å². The molecule has 9 heteroatoms. The van der Waals surface area contributed by atoms with E-state index in [-0.39, 0.29) is 11.8 Å². The van der Waals surface area contributed by atoms with Crippen molar-refractivity contribution in [3.8, 4) is 0 Å². The Bertz CT molecular complexity index is 1060. The highest BCUT2D eigenvalue weighted by Gasteiger charge is 2.21. The Kier molecular flexibility index (Phi) is 6.82. The van der Waals surface area contributed by atoms with Crippen LogP contribution in [0.2, 0.25) is 0 Å². The first-order valence-corrected chi connectivity index (χ1v) is 11.3. The van der Waals surface area contributed by atoms with Crippen molar-refractivity contribution in [2.45, 2.75) is 37.8 Å². The van der Waals surface area contributed by atoms with Gasteiger partial charge in [0.1, 0.15) is 6.54 Å². The molecule has 0 radical (unpaired) electrons. The molecular formula is C20H26N6O2S. The third-order valence-electron chi connectivity index (χ3n) is 4.46. The molecule has 2 N–H and O–H groups in total. The smallest absolute Gasteiger partial charge is 0.191 e. The maximum absolute atomic E-state index is 12.7. The van der Waals surface area contributed by atoms with E-state index >= 15 is 0 Å². The molecule has 2 heterocycles. The molecule has 3 rings (SSSR count). The molecule has 0 fully saturated rings. The quantitative estimate of drug-likeness (QED) is 0.432. The van der Waals surface area contributed by atoms with Gasteiger partial charge in [0.15, 0.2) is 27.3 Å². The van der Waals surface area contributed by atoms with Gasteiger partial charge in [0.2, 0.25) is 0 Å². The van der Waals surface area contributed by atoms with Crippen LogP contribution in [-0.2, 0) is 16.4 Å². The number of fused-ring (bicyclic) bond motifs is 1. The van der Waals surface area contributed by atoms with Gasteiger partial charge >= 0.3 is 0 Å². The Labute approximate surface area is 171 Å². The maximum atomic E-state index is 12.7. The summed E-state index contributed by atoms with van der Waals surface area (Å²) >= 11 is 0. The number of pyridine rings is 1. The lowest BCUT2D eigenvalue weighted by atomic mass is 10.3. The topological polar surface area (TPSA) is 101 Å². The number of hydrogen-bond donors (Lipinski definition) is 2. The molecule has 0 aliphatic carbocycles. The maximum Gasteiger partial charge on any atom is 0.191 e. The summed E-state index contributed by atoms with van der Waals surface area (Å²) in [6.07, 6.45) is 2.53. The molecule has 0 amide bonds. The first-order valence-electron chi connectivity index (χ1n) is 9.64. The summed E-state index contributed by atoms with van der Waals surface area (Å²) in [6, 6.07) is 13.9. The van der Waals surface area contributed by atoms with Crippen LogP contribution in [0.1, 0.15) is 26.1 Å². The largest absolute Gasteiger partial charge is 0.357 e. The van der Waals surface area contributed by atoms with Crippen molar-refractivity contribution in [2.24, 2.45) is 4.99 Å². The molecule has 0 saturated carbocycles. The lowest BCUT2D eigenvalue weighted by Gasteiger charge is -2.20. The molecular weight excluding hydrogens is 388 g/mol. The number of aromatic nitrogens is 3. The Hall–Kier alpha value is -2.94. The Morgan fingerprint density at radius 2 is 1.86 bits per heavy atom. The van der Waals surface area contributed by atoms with E-state index in [9.17, 15) is 8.42 Å². The predicted octanol–water partition coefficient (Wildman–Crippen LogP) is 2.04. The van der Waals surface area contributed by atoms with Crippen LogP contribution in [0.25, 0.3) is 5.65 Å². The SMILES string of the molecule is CCNC(=NCc1nnc2ccccn12)NC(CC)CS(=O)(=O)c1ccccc1. The molecule has 1 unspecified atom stereocenters. The van der Waals surface area contributed by atoms with E-state index in [0.717, 1.165) is 5.65 Å². The summed E-state index contributed by atoms with van der Waals surface area (Å²) in [5.74, 6) is 1.25. The third-order valence-corrected chi connectivity index (χ3v) is 6.30. The third kappa shape index (κ3) is 5.32. The summed E-state index contributed by atoms with van der Waals surface area (Å²) in [5.41, 5.74) is 0.760. The highest BCUT2D eigenvalue weighted by atomic mass is 32.2. The van der Waals surface area contributed by atoms with Crippen LogP contribution >= 0.6 is 0 Å². The number of rotatable bonds is 8. The number of benzene rings is 1. The highest BCUT2D eigenvalue weighted by molar-refractivity contribution is 7.91. The minimum absolute atomic E-state index is 0.00814. The zero-order chi connectivity index (χ0) is 20.7. The lowest BCUT2D eigenvalue weighted by Crippen LogP contribution is -2.46. The van der Waals surface area contributed by atoms with Crippen LogP contribution in [0.4, 0.5) is 0 Å². The van der Waals surface area contributed by atoms with Crippen LogP contribution in [0.15, 0.2) is 64.6 Å². The molecule has 154 valence electrons. The fourth-order valence-electron chi connectivity index (χ4n) is 2.91. The molecule has 3 aromatic rings. The van der Waals surface area contributed by atoms with Crippen LogP contribution in [0.5, 0.6) is 0 Å². The minimum atomic E-state index is -3.39. The van der Waals surface area contributed by atoms with E-state index < -0.39 is 9.84 Å². The molecule has 8 nitrogen and oxygen atoms in total. The van der Waals surface area contributed by atoms with Gasteiger partial charge in [0.05, 0.1) is 10.6 Å². The van der Waals surface area contributed by atoms with Gasteiger partial charge in [-0.2, -0.15) is 0 Å². The van der Waals surface area contributed by atoms with Crippen LogP contribution < -0.4 is 10.6 Å². The number of guanidine groups is 1. The molecule has 0 bridgehead atoms. The summed E-state index contributed by atoms with van der Waals surface area (Å²) in [4.78, 5) is 4.90. The highest BCUT2D eigenvalue weighted by Crippen LogP contribution is 2.12. The van der Waals surface area contributed by atoms with E-state index in [1.54, 1.807) is 30.3 Å². The number of sulfone groups is 1. The van der Waals surface area contributed by atoms with E-state index in [4.69, 9.17) is 0 Å². The summed E-state index contributed by atoms with van der Waals surface area (Å²) < 4.78 is 27.3. The second-order valence-corrected chi connectivity index (χ2v) is 8.62. The Morgan fingerprint density at radius 1 is 1.10 bits per heavy atom. The Balaban J connectivity index is 1.73. The van der Waals surface area contributed by atoms with Gasteiger partial charge in [-0.3, -0.25) is 4.40 Å². The molecule has 0 saturated heterocycles. The first kappa shape index (κ1) is 20.8. The van der Waals surface area contributed by atoms with Crippen molar-refractivity contribution in [3.05, 3.63) is 60.6 Å². The average molecular weight is 415 g/mol. The second kappa shape index (κ2) is 9.51. The minimum Gasteiger partial charge on any atom is -0.357 e. The molecule has 0 aliphatic rings. The normalized spacial score (nSPS) is 13.4. The summed E-state index contributed by atoms with van der Waals surface area (Å²) in [6.45, 7) is 4.90. The number of nitrogens with zero attached hydrogens (tertiary/aromatic N) is 4. The monoisotopic (exact) mass is 414 g/mol. The van der Waals surface area contributed by atoms with Crippen molar-refractivity contribution in [2.75, 3.05) is 12.3 Å². The number of aliphatic imine (C=N–C) groups is 1. The van der Waals surface area contributed by atoms with Crippen LogP contribution in [-0.4, -0.2) is 47.3 Å². The standard InChI is InChI=1S/C20H26N6O2S/c1-3-16(15-29(27,28)17-10-6-5-7-11-17)23-20(21-4-2)22-14-19-25-24-18-12-8-9-13-26(18)19/h5-13,16H,3-4,14-15H2,1-2H3,(H2,21,22,23). The van der Waals surface area contributed by atoms with Crippen molar-refractivity contribution in [1.29, 1.82) is 0 Å². The van der Waals surface area contributed by atoms with E-state index in [1.165, 1.54) is 0 Å². The van der Waals surface area contributed by atoms with Gasteiger partial charge in [0, 0.05) is 18.8 Å². The van der Waals surface area contributed by atoms with Gasteiger partial charge in [0.25, 0.3) is 0 Å². The van der Waals surface area contributed by atoms with Gasteiger partial charge in [-0.15, -0.1) is 10.2 Å². The molecule has 1 aromatic carbocycles. The fourth-order valence-corrected chi connectivity index (χ4v) is 4.53. The van der Waals surface area contributed by atoms with Crippen molar-refractivity contribution < 1.29 is 8.42 Å². The fraction of sp³-hybridized carbons (Fsp3) is 0.350. The zero-order valence-electron chi connectivity index (χ0n) is 16.6. The first-order chi connectivity index (χ1) is 14.0. The number of nitrogens with one attached hydrogen (secondary N) is 2. The van der Waals surface area contributed by atoms with Gasteiger partial charge in [-0.05, 0) is 37.6 Å². The van der Waals surface area contributed by atoms with E-state index in [1.807, 2.05) is 42.6 Å². The lowest BCUT2D eigenvalue weighted by molar-refractivity contribution is 0.568. The number of hydrogen-bond acceptors (Lipinski definition) is 5. The molecule has 29 heavy (non-hydrogen) atoms. The van der Waals surface area contributed by atoms with E-state index in [2.05, 4.69) is 25.8 Å². The van der Waals surface area contributed by atoms with Crippen molar-refractivity contribution >= 4 is 21.4 Å². The molecule has 1 atom stereocenters. The average Bonchev–Trinajstić information content (AvgIpc) is 3.15. The van der Waals surface area contributed by atoms with Gasteiger partial charge in [-0.25, -0.2) is 13.4 Å². The van der Waals surface area contributed by atoms with Gasteiger partial charge in [-0.1, -0.05) is 31.2 Å². The van der Waals surface area contributed by atoms with Crippen LogP contribution in [0, 0.1) is 0 Å².